The van der Waals surface area contributed by atoms with Crippen molar-refractivity contribution in [2.45, 2.75) is 69.4 Å². The van der Waals surface area contributed by atoms with Crippen molar-refractivity contribution in [2.75, 3.05) is 6.54 Å². The van der Waals surface area contributed by atoms with E-state index in [4.69, 9.17) is 6.42 Å². The molecule has 1 N–H and O–H groups in total. The molecule has 1 aromatic rings. The Kier molecular flexibility index (Phi) is 6.48. The van der Waals surface area contributed by atoms with Crippen LogP contribution in [0.5, 0.6) is 0 Å². The second-order valence-corrected chi connectivity index (χ2v) is 9.49. The molecule has 6 heteroatoms. The first-order valence-corrected chi connectivity index (χ1v) is 10.5. The number of amides is 1. The summed E-state index contributed by atoms with van der Waals surface area (Å²) in [5.41, 5.74) is -0.113. The molecule has 0 radical (unpaired) electrons. The molecule has 0 aliphatic heterocycles. The fourth-order valence-corrected chi connectivity index (χ4v) is 4.68. The van der Waals surface area contributed by atoms with Crippen LogP contribution in [-0.4, -0.2) is 37.4 Å². The average Bonchev–Trinajstić information content (AvgIpc) is 2.58. The zero-order valence-corrected chi connectivity index (χ0v) is 16.6. The highest BCUT2D eigenvalue weighted by Gasteiger charge is 2.26. The minimum atomic E-state index is -3.62. The van der Waals surface area contributed by atoms with E-state index in [0.29, 0.717) is 5.56 Å². The first kappa shape index (κ1) is 20.5. The van der Waals surface area contributed by atoms with E-state index in [-0.39, 0.29) is 23.4 Å². The van der Waals surface area contributed by atoms with Gasteiger partial charge in [0.25, 0.3) is 5.91 Å². The number of carbonyl (C=O) groups is 1. The van der Waals surface area contributed by atoms with Gasteiger partial charge in [-0.25, -0.2) is 13.1 Å². The standard InChI is InChI=1S/C20H28N2O3S/c1-5-15-22(17-9-7-6-8-10-17)19(23)16-11-13-18(14-12-16)26(24,25)21-20(2,3)4/h1,11-14,17,21H,6-10,15H2,2-4H3. The van der Waals surface area contributed by atoms with Gasteiger partial charge in [-0.3, -0.25) is 4.79 Å². The van der Waals surface area contributed by atoms with Crippen molar-refractivity contribution in [3.8, 4) is 12.3 Å². The zero-order valence-electron chi connectivity index (χ0n) is 15.8. The molecule has 1 fully saturated rings. The summed E-state index contributed by atoms with van der Waals surface area (Å²) in [6.07, 6.45) is 10.8. The lowest BCUT2D eigenvalue weighted by molar-refractivity contribution is 0.0667. The maximum atomic E-state index is 12.9. The summed E-state index contributed by atoms with van der Waals surface area (Å²) in [4.78, 5) is 14.8. The highest BCUT2D eigenvalue weighted by atomic mass is 32.2. The molecule has 1 aliphatic carbocycles. The molecule has 26 heavy (non-hydrogen) atoms. The Labute approximate surface area is 157 Å². The minimum Gasteiger partial charge on any atom is -0.325 e. The number of nitrogens with one attached hydrogen (secondary N) is 1. The molecule has 1 amide bonds. The molecular weight excluding hydrogens is 348 g/mol. The number of terminal acetylenes is 1. The van der Waals surface area contributed by atoms with Gasteiger partial charge in [-0.15, -0.1) is 6.42 Å². The van der Waals surface area contributed by atoms with Crippen LogP contribution in [0.15, 0.2) is 29.2 Å². The molecule has 2 rings (SSSR count). The fraction of sp³-hybridized carbons (Fsp3) is 0.550. The van der Waals surface area contributed by atoms with Crippen LogP contribution in [0.4, 0.5) is 0 Å². The Balaban J connectivity index is 2.20. The summed E-state index contributed by atoms with van der Waals surface area (Å²) >= 11 is 0. The molecule has 0 aromatic heterocycles. The summed E-state index contributed by atoms with van der Waals surface area (Å²) in [6, 6.07) is 6.22. The van der Waals surface area contributed by atoms with Gasteiger partial charge in [0.2, 0.25) is 10.0 Å². The Morgan fingerprint density at radius 3 is 2.27 bits per heavy atom. The number of rotatable bonds is 5. The molecule has 1 saturated carbocycles. The van der Waals surface area contributed by atoms with E-state index in [1.807, 2.05) is 0 Å². The predicted octanol–water partition coefficient (Wildman–Crippen LogP) is 3.17. The maximum Gasteiger partial charge on any atom is 0.254 e. The molecule has 0 unspecified atom stereocenters. The smallest absolute Gasteiger partial charge is 0.254 e. The number of nitrogens with zero attached hydrogens (tertiary/aromatic N) is 1. The van der Waals surface area contributed by atoms with E-state index in [9.17, 15) is 13.2 Å². The molecule has 0 bridgehead atoms. The van der Waals surface area contributed by atoms with Gasteiger partial charge in [0, 0.05) is 17.1 Å². The number of carbonyl (C=O) groups excluding carboxylic acids is 1. The fourth-order valence-electron chi connectivity index (χ4n) is 3.26. The lowest BCUT2D eigenvalue weighted by atomic mass is 9.93. The van der Waals surface area contributed by atoms with Crippen LogP contribution >= 0.6 is 0 Å². The largest absolute Gasteiger partial charge is 0.325 e. The van der Waals surface area contributed by atoms with Crippen molar-refractivity contribution >= 4 is 15.9 Å². The maximum absolute atomic E-state index is 12.9. The van der Waals surface area contributed by atoms with Gasteiger partial charge in [-0.2, -0.15) is 0 Å². The van der Waals surface area contributed by atoms with Gasteiger partial charge in [0.05, 0.1) is 11.4 Å². The van der Waals surface area contributed by atoms with Crippen LogP contribution in [0.2, 0.25) is 0 Å². The normalized spacial score (nSPS) is 16.1. The van der Waals surface area contributed by atoms with Crippen molar-refractivity contribution in [3.63, 3.8) is 0 Å². The number of hydrogen-bond acceptors (Lipinski definition) is 3. The Hall–Kier alpha value is -1.84. The molecule has 0 atom stereocenters. The van der Waals surface area contributed by atoms with Crippen LogP contribution in [-0.2, 0) is 10.0 Å². The molecule has 1 aliphatic rings. The SMILES string of the molecule is C#CCN(C(=O)c1ccc(S(=O)(=O)NC(C)(C)C)cc1)C1CCCCC1. The van der Waals surface area contributed by atoms with Gasteiger partial charge >= 0.3 is 0 Å². The molecule has 0 saturated heterocycles. The van der Waals surface area contributed by atoms with E-state index in [1.165, 1.54) is 18.6 Å². The van der Waals surface area contributed by atoms with Crippen molar-refractivity contribution in [1.29, 1.82) is 0 Å². The summed E-state index contributed by atoms with van der Waals surface area (Å²) in [6.45, 7) is 5.62. The molecular formula is C20H28N2O3S. The van der Waals surface area contributed by atoms with Crippen LogP contribution in [0.3, 0.4) is 0 Å². The Morgan fingerprint density at radius 2 is 1.77 bits per heavy atom. The van der Waals surface area contributed by atoms with E-state index in [1.54, 1.807) is 37.8 Å². The highest BCUT2D eigenvalue weighted by molar-refractivity contribution is 7.89. The van der Waals surface area contributed by atoms with Gasteiger partial charge in [0.1, 0.15) is 0 Å². The quantitative estimate of drug-likeness (QED) is 0.803. The summed E-state index contributed by atoms with van der Waals surface area (Å²) in [5.74, 6) is 2.44. The van der Waals surface area contributed by atoms with Crippen LogP contribution in [0.1, 0.15) is 63.2 Å². The van der Waals surface area contributed by atoms with Gasteiger partial charge < -0.3 is 4.90 Å². The van der Waals surface area contributed by atoms with Crippen molar-refractivity contribution in [2.24, 2.45) is 0 Å². The molecule has 1 aromatic carbocycles. The first-order valence-electron chi connectivity index (χ1n) is 9.02. The highest BCUT2D eigenvalue weighted by Crippen LogP contribution is 2.24. The van der Waals surface area contributed by atoms with Crippen LogP contribution in [0, 0.1) is 12.3 Å². The molecule has 142 valence electrons. The minimum absolute atomic E-state index is 0.137. The topological polar surface area (TPSA) is 66.5 Å². The molecule has 5 nitrogen and oxygen atoms in total. The second-order valence-electron chi connectivity index (χ2n) is 7.81. The Bertz CT molecular complexity index is 765. The van der Waals surface area contributed by atoms with E-state index >= 15 is 0 Å². The number of hydrogen-bond donors (Lipinski definition) is 1. The third-order valence-corrected chi connectivity index (χ3v) is 6.16. The zero-order chi connectivity index (χ0) is 19.4. The van der Waals surface area contributed by atoms with Gasteiger partial charge in [-0.05, 0) is 57.9 Å². The van der Waals surface area contributed by atoms with Gasteiger partial charge in [0.15, 0.2) is 0 Å². The lowest BCUT2D eigenvalue weighted by Crippen LogP contribution is -2.42. The third kappa shape index (κ3) is 5.33. The third-order valence-electron chi connectivity index (χ3n) is 4.39. The number of sulfonamides is 1. The van der Waals surface area contributed by atoms with E-state index in [2.05, 4.69) is 10.6 Å². The van der Waals surface area contributed by atoms with E-state index in [0.717, 1.165) is 25.7 Å². The van der Waals surface area contributed by atoms with Crippen LogP contribution in [0.25, 0.3) is 0 Å². The number of benzene rings is 1. The van der Waals surface area contributed by atoms with Crippen LogP contribution < -0.4 is 4.72 Å². The molecule has 0 heterocycles. The Morgan fingerprint density at radius 1 is 1.19 bits per heavy atom. The molecule has 0 spiro atoms. The first-order chi connectivity index (χ1) is 12.1. The predicted molar refractivity (Wildman–Crippen MR) is 103 cm³/mol. The summed E-state index contributed by atoms with van der Waals surface area (Å²) in [7, 11) is -3.62. The van der Waals surface area contributed by atoms with Gasteiger partial charge in [-0.1, -0.05) is 25.2 Å². The van der Waals surface area contributed by atoms with E-state index < -0.39 is 15.6 Å². The second kappa shape index (κ2) is 8.24. The monoisotopic (exact) mass is 376 g/mol. The van der Waals surface area contributed by atoms with Crippen molar-refractivity contribution in [3.05, 3.63) is 29.8 Å². The van der Waals surface area contributed by atoms with Crippen molar-refractivity contribution < 1.29 is 13.2 Å². The average molecular weight is 377 g/mol. The summed E-state index contributed by atoms with van der Waals surface area (Å²) < 4.78 is 27.4. The summed E-state index contributed by atoms with van der Waals surface area (Å²) in [5, 5.41) is 0. The lowest BCUT2D eigenvalue weighted by Gasteiger charge is -2.33. The van der Waals surface area contributed by atoms with Crippen molar-refractivity contribution in [1.82, 2.24) is 9.62 Å².